The van der Waals surface area contributed by atoms with Crippen LogP contribution >= 0.6 is 0 Å². The standard InChI is InChI=1S/C16H20.C6H10.2C2H6/c1-5-7-14-12(3)10-13(4)15-9-6-8-11(2)16(14)15;1-4-6(3)5-2;2*1-2/h6,8-10H,5,7H2,1-4H3;4-5H,1H2,2-3H3;2*1-2H3/b;6-5+;;. The third-order valence-electron chi connectivity index (χ3n) is 4.19. The normalized spacial score (nSPS) is 9.85. The highest BCUT2D eigenvalue weighted by atomic mass is 14.1. The van der Waals surface area contributed by atoms with E-state index in [0.717, 1.165) is 0 Å². The fourth-order valence-electron chi connectivity index (χ4n) is 2.77. The van der Waals surface area contributed by atoms with Crippen LogP contribution < -0.4 is 0 Å². The maximum Gasteiger partial charge on any atom is -0.0117 e. The molecule has 0 aromatic heterocycles. The van der Waals surface area contributed by atoms with Gasteiger partial charge in [-0.3, -0.25) is 0 Å². The molecule has 2 aromatic carbocycles. The highest BCUT2D eigenvalue weighted by molar-refractivity contribution is 5.92. The first-order valence-corrected chi connectivity index (χ1v) is 10.2. The lowest BCUT2D eigenvalue weighted by atomic mass is 9.91. The molecule has 0 saturated carbocycles. The van der Waals surface area contributed by atoms with Crippen LogP contribution in [-0.2, 0) is 6.42 Å². The molecule has 0 spiro atoms. The molecular weight excluding hydrogens is 312 g/mol. The summed E-state index contributed by atoms with van der Waals surface area (Å²) in [5.41, 5.74) is 7.03. The van der Waals surface area contributed by atoms with Crippen LogP contribution in [0.2, 0.25) is 0 Å². The predicted molar refractivity (Wildman–Crippen MR) is 124 cm³/mol. The number of benzene rings is 2. The minimum atomic E-state index is 1.19. The summed E-state index contributed by atoms with van der Waals surface area (Å²) in [6, 6.07) is 8.96. The quantitative estimate of drug-likeness (QED) is 0.483. The predicted octanol–water partition coefficient (Wildman–Crippen LogP) is 8.91. The Hall–Kier alpha value is -1.82. The van der Waals surface area contributed by atoms with Gasteiger partial charge in [0.15, 0.2) is 0 Å². The lowest BCUT2D eigenvalue weighted by Gasteiger charge is -2.14. The molecule has 0 aliphatic heterocycles. The second-order valence-corrected chi connectivity index (χ2v) is 5.97. The first kappa shape index (κ1) is 26.4. The summed E-state index contributed by atoms with van der Waals surface area (Å²) in [7, 11) is 0. The van der Waals surface area contributed by atoms with Gasteiger partial charge in [0.1, 0.15) is 0 Å². The van der Waals surface area contributed by atoms with Crippen LogP contribution in [0, 0.1) is 20.8 Å². The van der Waals surface area contributed by atoms with Gasteiger partial charge in [0.05, 0.1) is 0 Å². The van der Waals surface area contributed by atoms with Crippen LogP contribution in [0.1, 0.15) is 77.1 Å². The van der Waals surface area contributed by atoms with Crippen molar-refractivity contribution in [3.63, 3.8) is 0 Å². The monoisotopic (exact) mass is 354 g/mol. The van der Waals surface area contributed by atoms with Crippen molar-refractivity contribution in [2.45, 2.75) is 82.1 Å². The Labute approximate surface area is 164 Å². The molecular formula is C26H42. The summed E-state index contributed by atoms with van der Waals surface area (Å²) in [5.74, 6) is 0. The number of hydrogen-bond donors (Lipinski definition) is 0. The van der Waals surface area contributed by atoms with E-state index in [1.807, 2.05) is 53.7 Å². The van der Waals surface area contributed by atoms with Gasteiger partial charge in [0, 0.05) is 0 Å². The fourth-order valence-corrected chi connectivity index (χ4v) is 2.77. The van der Waals surface area contributed by atoms with Gasteiger partial charge in [-0.2, -0.15) is 0 Å². The van der Waals surface area contributed by atoms with Crippen molar-refractivity contribution >= 4 is 10.8 Å². The van der Waals surface area contributed by atoms with E-state index < -0.39 is 0 Å². The van der Waals surface area contributed by atoms with Crippen molar-refractivity contribution in [1.29, 1.82) is 0 Å². The van der Waals surface area contributed by atoms with E-state index in [9.17, 15) is 0 Å². The first-order chi connectivity index (χ1) is 12.5. The number of hydrogen-bond acceptors (Lipinski definition) is 0. The number of aryl methyl sites for hydroxylation is 4. The van der Waals surface area contributed by atoms with E-state index in [4.69, 9.17) is 0 Å². The summed E-state index contributed by atoms with van der Waals surface area (Å²) in [5, 5.41) is 2.91. The van der Waals surface area contributed by atoms with Crippen molar-refractivity contribution in [2.24, 2.45) is 0 Å². The van der Waals surface area contributed by atoms with Crippen molar-refractivity contribution in [1.82, 2.24) is 0 Å². The molecule has 0 unspecified atom stereocenters. The summed E-state index contributed by atoms with van der Waals surface area (Å²) in [4.78, 5) is 0. The van der Waals surface area contributed by atoms with E-state index >= 15 is 0 Å². The molecule has 0 nitrogen and oxygen atoms in total. The molecule has 2 rings (SSSR count). The maximum absolute atomic E-state index is 3.56. The smallest absolute Gasteiger partial charge is 0.0117 e. The van der Waals surface area contributed by atoms with Crippen LogP contribution in [0.15, 0.2) is 48.6 Å². The minimum Gasteiger partial charge on any atom is -0.0988 e. The Bertz CT molecular complexity index is 672. The van der Waals surface area contributed by atoms with E-state index in [1.165, 1.54) is 45.9 Å². The van der Waals surface area contributed by atoms with Crippen LogP contribution in [0.4, 0.5) is 0 Å². The Morgan fingerprint density at radius 2 is 1.54 bits per heavy atom. The third-order valence-corrected chi connectivity index (χ3v) is 4.19. The Kier molecular flexibility index (Phi) is 15.7. The molecule has 0 aliphatic rings. The van der Waals surface area contributed by atoms with Crippen molar-refractivity contribution in [3.8, 4) is 0 Å². The summed E-state index contributed by atoms with van der Waals surface area (Å²) in [6.45, 7) is 24.5. The van der Waals surface area contributed by atoms with Crippen LogP contribution in [0.25, 0.3) is 10.8 Å². The fraction of sp³-hybridized carbons (Fsp3) is 0.462. The van der Waals surface area contributed by atoms with Crippen LogP contribution in [0.5, 0.6) is 0 Å². The molecule has 26 heavy (non-hydrogen) atoms. The van der Waals surface area contributed by atoms with E-state index in [-0.39, 0.29) is 0 Å². The number of allylic oxidation sites excluding steroid dienone is 3. The third kappa shape index (κ3) is 8.04. The van der Waals surface area contributed by atoms with Gasteiger partial charge in [-0.05, 0) is 74.1 Å². The molecule has 0 saturated heterocycles. The molecule has 146 valence electrons. The zero-order valence-corrected chi connectivity index (χ0v) is 19.1. The average Bonchev–Trinajstić information content (AvgIpc) is 2.68. The van der Waals surface area contributed by atoms with Gasteiger partial charge >= 0.3 is 0 Å². The molecule has 0 bridgehead atoms. The van der Waals surface area contributed by atoms with Crippen LogP contribution in [0.3, 0.4) is 0 Å². The Morgan fingerprint density at radius 3 is 1.96 bits per heavy atom. The summed E-state index contributed by atoms with van der Waals surface area (Å²) >= 11 is 0. The topological polar surface area (TPSA) is 0 Å². The van der Waals surface area contributed by atoms with E-state index in [1.54, 1.807) is 5.56 Å². The van der Waals surface area contributed by atoms with Gasteiger partial charge < -0.3 is 0 Å². The molecule has 2 aromatic rings. The van der Waals surface area contributed by atoms with Gasteiger partial charge in [0.25, 0.3) is 0 Å². The van der Waals surface area contributed by atoms with Crippen LogP contribution in [-0.4, -0.2) is 0 Å². The van der Waals surface area contributed by atoms with Crippen molar-refractivity contribution < 1.29 is 0 Å². The summed E-state index contributed by atoms with van der Waals surface area (Å²) < 4.78 is 0. The zero-order valence-electron chi connectivity index (χ0n) is 19.1. The SMILES string of the molecule is C=C/C(C)=C/C.CC.CC.CCCc1c(C)cc(C)c2cccc(C)c12. The second-order valence-electron chi connectivity index (χ2n) is 5.97. The zero-order chi connectivity index (χ0) is 20.7. The average molecular weight is 355 g/mol. The highest BCUT2D eigenvalue weighted by Crippen LogP contribution is 2.29. The first-order valence-electron chi connectivity index (χ1n) is 10.2. The Balaban J connectivity index is 0. The van der Waals surface area contributed by atoms with Gasteiger partial charge in [0.2, 0.25) is 0 Å². The molecule has 0 fully saturated rings. The Morgan fingerprint density at radius 1 is 0.962 bits per heavy atom. The summed E-state index contributed by atoms with van der Waals surface area (Å²) in [6.07, 6.45) is 6.26. The molecule has 0 heterocycles. The highest BCUT2D eigenvalue weighted by Gasteiger charge is 2.08. The molecule has 0 heteroatoms. The number of rotatable bonds is 3. The van der Waals surface area contributed by atoms with Gasteiger partial charge in [-0.15, -0.1) is 0 Å². The van der Waals surface area contributed by atoms with Gasteiger partial charge in [-0.25, -0.2) is 0 Å². The minimum absolute atomic E-state index is 1.19. The maximum atomic E-state index is 3.56. The number of fused-ring (bicyclic) bond motifs is 1. The second kappa shape index (κ2) is 15.4. The van der Waals surface area contributed by atoms with Crippen molar-refractivity contribution in [3.05, 3.63) is 70.8 Å². The molecule has 0 amide bonds. The van der Waals surface area contributed by atoms with Crippen molar-refractivity contribution in [2.75, 3.05) is 0 Å². The van der Waals surface area contributed by atoms with Gasteiger partial charge in [-0.1, -0.05) is 89.6 Å². The molecule has 0 N–H and O–H groups in total. The van der Waals surface area contributed by atoms with E-state index in [0.29, 0.717) is 0 Å². The molecule has 0 aliphatic carbocycles. The molecule has 0 atom stereocenters. The lowest BCUT2D eigenvalue weighted by molar-refractivity contribution is 0.920. The van der Waals surface area contributed by atoms with E-state index in [2.05, 4.69) is 58.5 Å². The molecule has 0 radical (unpaired) electrons. The largest absolute Gasteiger partial charge is 0.0988 e. The lowest BCUT2D eigenvalue weighted by Crippen LogP contribution is -1.95.